The Labute approximate surface area is 662 Å². The lowest BCUT2D eigenvalue weighted by Gasteiger charge is -2.21. The molecule has 4 N–H and O–H groups in total. The van der Waals surface area contributed by atoms with Gasteiger partial charge < -0.3 is 34.2 Å². The molecule has 0 aromatic rings. The first-order chi connectivity index (χ1) is 53.2. The highest BCUT2D eigenvalue weighted by atomic mass is 31.2. The lowest BCUT2D eigenvalue weighted by atomic mass is 10.0. The van der Waals surface area contributed by atoms with Crippen molar-refractivity contribution in [3.05, 3.63) is 182 Å². The van der Waals surface area contributed by atoms with E-state index in [2.05, 4.69) is 191 Å². The molecule has 5 unspecified atom stereocenters. The van der Waals surface area contributed by atoms with E-state index in [1.807, 2.05) is 12.2 Å². The Morgan fingerprint density at radius 1 is 0.266 bits per heavy atom. The Balaban J connectivity index is 4.60. The number of esters is 3. The van der Waals surface area contributed by atoms with Crippen molar-refractivity contribution in [1.82, 2.24) is 0 Å². The normalized spacial score (nSPS) is 14.8. The van der Waals surface area contributed by atoms with Crippen molar-refractivity contribution in [3.8, 4) is 0 Å². The van der Waals surface area contributed by atoms with Gasteiger partial charge in [-0.05, 0) is 154 Å². The van der Waals surface area contributed by atoms with Crippen LogP contribution in [0.4, 0.5) is 0 Å². The van der Waals surface area contributed by atoms with Gasteiger partial charge in [0.15, 0.2) is 6.10 Å². The summed E-state index contributed by atoms with van der Waals surface area (Å²) in [6.45, 7) is 2.35. The molecule has 0 spiro atoms. The van der Waals surface area contributed by atoms with Crippen LogP contribution in [0, 0.1) is 0 Å². The van der Waals surface area contributed by atoms with Gasteiger partial charge in [-0.25, -0.2) is 9.13 Å². The quantitative estimate of drug-likeness (QED) is 0.0146. The van der Waals surface area contributed by atoms with E-state index in [1.165, 1.54) is 103 Å². The largest absolute Gasteiger partial charge is 0.472 e. The predicted octanol–water partition coefficient (Wildman–Crippen LogP) is 25.3. The van der Waals surface area contributed by atoms with Gasteiger partial charge in [0.05, 0.1) is 26.4 Å². The van der Waals surface area contributed by atoms with Crippen molar-refractivity contribution in [2.24, 2.45) is 0 Å². The second kappa shape index (κ2) is 82.1. The molecule has 0 radical (unpaired) electrons. The van der Waals surface area contributed by atoms with Crippen molar-refractivity contribution in [3.63, 3.8) is 0 Å². The van der Waals surface area contributed by atoms with E-state index in [1.54, 1.807) is 0 Å². The fourth-order valence-corrected chi connectivity index (χ4v) is 12.4. The SMILES string of the molecule is CC/C=C\C/C=C\C/C=C\C/C=C\C/C=C\C/C=C\CCCCCCCCCCCCCCC(=O)OCC(O)COP(=O)(O)OCC(O)COP(=O)(O)OCC(COC(=O)CCCCCCCCCCC/C=C\C/C=C\C/C=C\C/C=C\CCCCC)OC(=O)CCC/C=C\C/C=C\C/C=C\C/C=C\C/C=C\CC. The first-order valence-electron chi connectivity index (χ1n) is 42.1. The summed E-state index contributed by atoms with van der Waals surface area (Å²) >= 11 is 0. The number of aliphatic hydroxyl groups excluding tert-OH is 2. The van der Waals surface area contributed by atoms with Crippen molar-refractivity contribution in [1.29, 1.82) is 0 Å². The standard InChI is InChI=1S/C91H150O16P2/c1-4-7-10-13-16-19-22-25-28-31-33-35-37-39-40-41-42-43-44-46-48-49-51-54-56-59-62-65-68-71-74-77-89(94)101-80-86(92)81-103-108(97,98)104-82-87(93)83-105-109(99,100)106-85-88(107-91(96)79-76-73-70-67-64-61-58-53-30-27-24-21-18-15-12-9-6-3)84-102-90(95)78-75-72-69-66-63-60-57-55-52-50-47-45-38-36-34-32-29-26-23-20-17-14-11-8-5-2/h7,9-10,12,16-21,25-30,33-36,39-40,42-43,45,47,58,61,67,70,86-88,92-93H,4-6,8,11,13-15,22-24,31-32,37-38,41,44,46,48-57,59-60,62-66,68-69,71-85H2,1-3H3,(H,97,98)(H,99,100)/b10-7-,12-9-,19-16-,20-17-,21-18-,28-25-,29-26-,30-27-,35-33-,36-34-,40-39-,43-42-,47-45-,61-58-,70-67-. The van der Waals surface area contributed by atoms with Gasteiger partial charge in [-0.1, -0.05) is 325 Å². The Kier molecular flexibility index (Phi) is 78.1. The molecular weight excluding hydrogens is 1410 g/mol. The van der Waals surface area contributed by atoms with E-state index in [9.17, 15) is 43.5 Å². The number of ether oxygens (including phenoxy) is 3. The van der Waals surface area contributed by atoms with Crippen molar-refractivity contribution >= 4 is 33.6 Å². The van der Waals surface area contributed by atoms with Crippen LogP contribution in [0.15, 0.2) is 182 Å². The Bertz CT molecular complexity index is 2710. The summed E-state index contributed by atoms with van der Waals surface area (Å²) < 4.78 is 61.2. The van der Waals surface area contributed by atoms with Crippen LogP contribution in [0.3, 0.4) is 0 Å². The van der Waals surface area contributed by atoms with E-state index < -0.39 is 91.5 Å². The molecule has 0 rings (SSSR count). The third-order valence-electron chi connectivity index (χ3n) is 17.1. The van der Waals surface area contributed by atoms with Gasteiger partial charge in [0.25, 0.3) is 0 Å². The fraction of sp³-hybridized carbons (Fsp3) is 0.637. The maximum absolute atomic E-state index is 13.0. The summed E-state index contributed by atoms with van der Waals surface area (Å²) in [7, 11) is -9.83. The average molecular weight is 1560 g/mol. The zero-order valence-corrected chi connectivity index (χ0v) is 69.7. The first-order valence-corrected chi connectivity index (χ1v) is 45.1. The molecule has 0 bridgehead atoms. The molecule has 620 valence electrons. The summed E-state index contributed by atoms with van der Waals surface area (Å²) in [6.07, 6.45) is 107. The molecule has 0 saturated heterocycles. The number of carbonyl (C=O) groups excluding carboxylic acids is 3. The summed E-state index contributed by atoms with van der Waals surface area (Å²) in [6, 6.07) is 0. The van der Waals surface area contributed by atoms with Crippen molar-refractivity contribution < 1.29 is 75.8 Å². The second-order valence-corrected chi connectivity index (χ2v) is 30.4. The van der Waals surface area contributed by atoms with Gasteiger partial charge in [-0.15, -0.1) is 0 Å². The summed E-state index contributed by atoms with van der Waals surface area (Å²) in [5.74, 6) is -1.66. The highest BCUT2D eigenvalue weighted by Gasteiger charge is 2.29. The molecule has 109 heavy (non-hydrogen) atoms. The number of phosphoric ester groups is 2. The lowest BCUT2D eigenvalue weighted by molar-refractivity contribution is -0.161. The molecule has 0 saturated carbocycles. The Morgan fingerprint density at radius 2 is 0.495 bits per heavy atom. The Hall–Kier alpha value is -5.35. The summed E-state index contributed by atoms with van der Waals surface area (Å²) in [4.78, 5) is 58.8. The van der Waals surface area contributed by atoms with Crippen molar-refractivity contribution in [2.75, 3.05) is 39.6 Å². The van der Waals surface area contributed by atoms with E-state index >= 15 is 0 Å². The number of aliphatic hydroxyl groups is 2. The highest BCUT2D eigenvalue weighted by Crippen LogP contribution is 2.45. The fourth-order valence-electron chi connectivity index (χ4n) is 10.8. The van der Waals surface area contributed by atoms with E-state index in [4.69, 9.17) is 32.3 Å². The number of hydrogen-bond acceptors (Lipinski definition) is 14. The zero-order chi connectivity index (χ0) is 79.4. The maximum Gasteiger partial charge on any atom is 0.472 e. The lowest BCUT2D eigenvalue weighted by Crippen LogP contribution is -2.30. The van der Waals surface area contributed by atoms with Crippen molar-refractivity contribution in [2.45, 2.75) is 334 Å². The molecule has 16 nitrogen and oxygen atoms in total. The van der Waals surface area contributed by atoms with Gasteiger partial charge in [0, 0.05) is 19.3 Å². The number of hydrogen-bond donors (Lipinski definition) is 4. The second-order valence-electron chi connectivity index (χ2n) is 27.5. The van der Waals surface area contributed by atoms with Crippen LogP contribution in [0.2, 0.25) is 0 Å². The molecule has 0 heterocycles. The van der Waals surface area contributed by atoms with E-state index in [0.29, 0.717) is 25.7 Å². The number of phosphoric acid groups is 2. The number of carbonyl (C=O) groups is 3. The van der Waals surface area contributed by atoms with E-state index in [-0.39, 0.29) is 19.3 Å². The minimum absolute atomic E-state index is 0.0193. The van der Waals surface area contributed by atoms with Gasteiger partial charge in [0.1, 0.15) is 25.4 Å². The molecule has 0 amide bonds. The first kappa shape index (κ1) is 104. The van der Waals surface area contributed by atoms with Gasteiger partial charge in [-0.3, -0.25) is 32.5 Å². The third kappa shape index (κ3) is 83.4. The smallest absolute Gasteiger partial charge is 0.463 e. The molecule has 0 aromatic heterocycles. The predicted molar refractivity (Wildman–Crippen MR) is 454 cm³/mol. The Morgan fingerprint density at radius 3 is 0.798 bits per heavy atom. The number of rotatable bonds is 78. The van der Waals surface area contributed by atoms with Crippen LogP contribution in [0.5, 0.6) is 0 Å². The molecule has 0 aromatic carbocycles. The topological polar surface area (TPSA) is 231 Å². The van der Waals surface area contributed by atoms with Crippen LogP contribution in [-0.2, 0) is 55.8 Å². The summed E-state index contributed by atoms with van der Waals surface area (Å²) in [5, 5.41) is 20.7. The maximum atomic E-state index is 13.0. The molecule has 18 heteroatoms. The summed E-state index contributed by atoms with van der Waals surface area (Å²) in [5.41, 5.74) is 0. The van der Waals surface area contributed by atoms with Gasteiger partial charge in [0.2, 0.25) is 0 Å². The minimum atomic E-state index is -4.96. The molecule has 5 atom stereocenters. The third-order valence-corrected chi connectivity index (χ3v) is 19.0. The number of allylic oxidation sites excluding steroid dienone is 30. The van der Waals surface area contributed by atoms with Crippen LogP contribution in [-0.4, -0.2) is 95.9 Å². The van der Waals surface area contributed by atoms with Crippen LogP contribution >= 0.6 is 15.6 Å². The molecule has 0 aliphatic carbocycles. The molecule has 0 fully saturated rings. The molecular formula is C91H150O16P2. The van der Waals surface area contributed by atoms with Crippen LogP contribution in [0.1, 0.15) is 316 Å². The monoisotopic (exact) mass is 1560 g/mol. The minimum Gasteiger partial charge on any atom is -0.463 e. The van der Waals surface area contributed by atoms with E-state index in [0.717, 1.165) is 148 Å². The molecule has 0 aliphatic heterocycles. The highest BCUT2D eigenvalue weighted by molar-refractivity contribution is 7.47. The van der Waals surface area contributed by atoms with Crippen LogP contribution < -0.4 is 0 Å². The molecule has 0 aliphatic rings. The van der Waals surface area contributed by atoms with Gasteiger partial charge in [-0.2, -0.15) is 0 Å². The van der Waals surface area contributed by atoms with Gasteiger partial charge >= 0.3 is 33.6 Å². The average Bonchev–Trinajstić information content (AvgIpc) is 0.902. The van der Waals surface area contributed by atoms with Crippen LogP contribution in [0.25, 0.3) is 0 Å². The zero-order valence-electron chi connectivity index (χ0n) is 67.9. The number of unbranched alkanes of at least 4 members (excludes halogenated alkanes) is 25.